The molecule has 0 radical (unpaired) electrons. The zero-order valence-electron chi connectivity index (χ0n) is 14.7. The maximum Gasteiger partial charge on any atom is 0.134 e. The molecule has 1 aliphatic heterocycles. The van der Waals surface area contributed by atoms with Crippen molar-refractivity contribution in [2.75, 3.05) is 0 Å². The summed E-state index contributed by atoms with van der Waals surface area (Å²) in [5.41, 5.74) is 4.61. The number of hydrogen-bond acceptors (Lipinski definition) is 2. The Morgan fingerprint density at radius 1 is 1.00 bits per heavy atom. The lowest BCUT2D eigenvalue weighted by Gasteiger charge is -2.27. The molecule has 0 spiro atoms. The third-order valence-electron chi connectivity index (χ3n) is 4.81. The third-order valence-corrected chi connectivity index (χ3v) is 4.81. The zero-order chi connectivity index (χ0) is 16.9. The molecule has 126 valence electrons. The van der Waals surface area contributed by atoms with Gasteiger partial charge in [-0.05, 0) is 42.9 Å². The van der Waals surface area contributed by atoms with Crippen LogP contribution in [0.25, 0.3) is 0 Å². The van der Waals surface area contributed by atoms with Crippen LogP contribution in [0.1, 0.15) is 67.7 Å². The number of unbranched alkanes of at least 4 members (excludes halogenated alkanes) is 2. The van der Waals surface area contributed by atoms with E-state index in [9.17, 15) is 4.79 Å². The number of aryl methyl sites for hydroxylation is 2. The van der Waals surface area contributed by atoms with Crippen LogP contribution in [0.5, 0.6) is 11.5 Å². The van der Waals surface area contributed by atoms with Crippen molar-refractivity contribution < 1.29 is 9.53 Å². The molecule has 0 N–H and O–H groups in total. The van der Waals surface area contributed by atoms with Gasteiger partial charge in [0.2, 0.25) is 0 Å². The first-order valence-corrected chi connectivity index (χ1v) is 9.16. The SMILES string of the molecule is CCCCc1cc(CCCC)c2c(c1)C(C=O)c1ccccc1O2. The Balaban J connectivity index is 2.08. The summed E-state index contributed by atoms with van der Waals surface area (Å²) < 4.78 is 6.24. The van der Waals surface area contributed by atoms with Gasteiger partial charge in [0.15, 0.2) is 0 Å². The number of hydrogen-bond donors (Lipinski definition) is 0. The van der Waals surface area contributed by atoms with Crippen LogP contribution in [0.2, 0.25) is 0 Å². The molecule has 24 heavy (non-hydrogen) atoms. The van der Waals surface area contributed by atoms with E-state index in [2.05, 4.69) is 26.0 Å². The van der Waals surface area contributed by atoms with Crippen LogP contribution in [0.15, 0.2) is 36.4 Å². The van der Waals surface area contributed by atoms with Crippen molar-refractivity contribution in [1.82, 2.24) is 0 Å². The standard InChI is InChI=1S/C22H26O2/c1-3-5-9-16-13-17(10-6-4-2)22-19(14-16)20(15-23)18-11-7-8-12-21(18)24-22/h7-8,11-15,20H,3-6,9-10H2,1-2H3. The Morgan fingerprint density at radius 2 is 1.75 bits per heavy atom. The molecule has 1 heterocycles. The number of para-hydroxylation sites is 1. The van der Waals surface area contributed by atoms with E-state index in [0.29, 0.717) is 0 Å². The molecule has 0 fully saturated rings. The van der Waals surface area contributed by atoms with Crippen molar-refractivity contribution in [2.45, 2.75) is 58.3 Å². The van der Waals surface area contributed by atoms with Crippen molar-refractivity contribution in [1.29, 1.82) is 0 Å². The van der Waals surface area contributed by atoms with E-state index in [1.54, 1.807) is 0 Å². The lowest BCUT2D eigenvalue weighted by Crippen LogP contribution is -2.13. The molecule has 1 aliphatic rings. The summed E-state index contributed by atoms with van der Waals surface area (Å²) in [5.74, 6) is 1.52. The minimum Gasteiger partial charge on any atom is -0.456 e. The number of carbonyl (C=O) groups excluding carboxylic acids is 1. The minimum absolute atomic E-state index is 0.216. The van der Waals surface area contributed by atoms with Gasteiger partial charge >= 0.3 is 0 Å². The normalized spacial score (nSPS) is 15.3. The maximum atomic E-state index is 11.9. The molecule has 1 unspecified atom stereocenters. The van der Waals surface area contributed by atoms with Crippen LogP contribution >= 0.6 is 0 Å². The van der Waals surface area contributed by atoms with Gasteiger partial charge in [-0.2, -0.15) is 0 Å². The number of aldehydes is 1. The predicted molar refractivity (Wildman–Crippen MR) is 98.1 cm³/mol. The molecule has 3 rings (SSSR count). The van der Waals surface area contributed by atoms with Gasteiger partial charge in [-0.15, -0.1) is 0 Å². The van der Waals surface area contributed by atoms with Crippen molar-refractivity contribution in [3.05, 3.63) is 58.7 Å². The van der Waals surface area contributed by atoms with Gasteiger partial charge in [-0.1, -0.05) is 57.0 Å². The second kappa shape index (κ2) is 7.65. The summed E-state index contributed by atoms with van der Waals surface area (Å²) in [7, 11) is 0. The number of ether oxygens (including phenoxy) is 1. The van der Waals surface area contributed by atoms with Gasteiger partial charge in [0, 0.05) is 11.1 Å². The monoisotopic (exact) mass is 322 g/mol. The van der Waals surface area contributed by atoms with Gasteiger partial charge in [0.05, 0.1) is 5.92 Å². The molecule has 2 aromatic carbocycles. The molecule has 2 nitrogen and oxygen atoms in total. The van der Waals surface area contributed by atoms with Crippen LogP contribution in [0.3, 0.4) is 0 Å². The first-order valence-electron chi connectivity index (χ1n) is 9.16. The fourth-order valence-electron chi connectivity index (χ4n) is 3.47. The third kappa shape index (κ3) is 3.24. The van der Waals surface area contributed by atoms with E-state index in [0.717, 1.165) is 54.6 Å². The molecule has 0 saturated heterocycles. The molecular formula is C22H26O2. The van der Waals surface area contributed by atoms with E-state index >= 15 is 0 Å². The first-order chi connectivity index (χ1) is 11.8. The quantitative estimate of drug-likeness (QED) is 0.601. The Hall–Kier alpha value is -2.09. The second-order valence-electron chi connectivity index (χ2n) is 6.63. The van der Waals surface area contributed by atoms with E-state index in [1.807, 2.05) is 24.3 Å². The summed E-state index contributed by atoms with van der Waals surface area (Å²) in [6, 6.07) is 12.4. The average molecular weight is 322 g/mol. The molecule has 0 aliphatic carbocycles. The molecule has 1 atom stereocenters. The lowest BCUT2D eigenvalue weighted by molar-refractivity contribution is -0.108. The Bertz CT molecular complexity index is 718. The van der Waals surface area contributed by atoms with Crippen LogP contribution in [0, 0.1) is 0 Å². The van der Waals surface area contributed by atoms with Crippen LogP contribution < -0.4 is 4.74 Å². The maximum absolute atomic E-state index is 11.9. The number of fused-ring (bicyclic) bond motifs is 2. The smallest absolute Gasteiger partial charge is 0.134 e. The van der Waals surface area contributed by atoms with Gasteiger partial charge in [0.25, 0.3) is 0 Å². The molecule has 0 amide bonds. The summed E-state index contributed by atoms with van der Waals surface area (Å²) >= 11 is 0. The molecule has 2 heteroatoms. The minimum atomic E-state index is -0.216. The fourth-order valence-corrected chi connectivity index (χ4v) is 3.47. The number of carbonyl (C=O) groups is 1. The first kappa shape index (κ1) is 16.8. The van der Waals surface area contributed by atoms with Gasteiger partial charge in [0.1, 0.15) is 17.8 Å². The molecular weight excluding hydrogens is 296 g/mol. The predicted octanol–water partition coefficient (Wildman–Crippen LogP) is 5.81. The van der Waals surface area contributed by atoms with Gasteiger partial charge in [-0.25, -0.2) is 0 Å². The average Bonchev–Trinajstić information content (AvgIpc) is 2.62. The summed E-state index contributed by atoms with van der Waals surface area (Å²) in [6.45, 7) is 4.42. The summed E-state index contributed by atoms with van der Waals surface area (Å²) in [4.78, 5) is 11.9. The van der Waals surface area contributed by atoms with Crippen molar-refractivity contribution in [2.24, 2.45) is 0 Å². The highest BCUT2D eigenvalue weighted by Gasteiger charge is 2.29. The Labute approximate surface area is 144 Å². The van der Waals surface area contributed by atoms with E-state index in [4.69, 9.17) is 4.74 Å². The van der Waals surface area contributed by atoms with E-state index in [1.165, 1.54) is 24.0 Å². The largest absolute Gasteiger partial charge is 0.456 e. The molecule has 2 aromatic rings. The van der Waals surface area contributed by atoms with Crippen LogP contribution in [0.4, 0.5) is 0 Å². The van der Waals surface area contributed by atoms with E-state index in [-0.39, 0.29) is 5.92 Å². The van der Waals surface area contributed by atoms with Crippen LogP contribution in [-0.4, -0.2) is 6.29 Å². The number of rotatable bonds is 7. The van der Waals surface area contributed by atoms with Crippen LogP contribution in [-0.2, 0) is 17.6 Å². The summed E-state index contributed by atoms with van der Waals surface area (Å²) in [6.07, 6.45) is 7.78. The van der Waals surface area contributed by atoms with Crippen molar-refractivity contribution >= 4 is 6.29 Å². The lowest BCUT2D eigenvalue weighted by atomic mass is 9.85. The van der Waals surface area contributed by atoms with Gasteiger partial charge in [-0.3, -0.25) is 0 Å². The number of benzene rings is 2. The Kier molecular flexibility index (Phi) is 5.34. The van der Waals surface area contributed by atoms with E-state index < -0.39 is 0 Å². The zero-order valence-corrected chi connectivity index (χ0v) is 14.7. The highest BCUT2D eigenvalue weighted by Crippen LogP contribution is 2.45. The summed E-state index contributed by atoms with van der Waals surface area (Å²) in [5, 5.41) is 0. The molecule has 0 bridgehead atoms. The highest BCUT2D eigenvalue weighted by atomic mass is 16.5. The molecule has 0 aromatic heterocycles. The Morgan fingerprint density at radius 3 is 2.50 bits per heavy atom. The molecule has 0 saturated carbocycles. The fraction of sp³-hybridized carbons (Fsp3) is 0.409. The van der Waals surface area contributed by atoms with Crippen molar-refractivity contribution in [3.63, 3.8) is 0 Å². The van der Waals surface area contributed by atoms with Gasteiger partial charge < -0.3 is 9.53 Å². The van der Waals surface area contributed by atoms with Crippen molar-refractivity contribution in [3.8, 4) is 11.5 Å². The second-order valence-corrected chi connectivity index (χ2v) is 6.63. The topological polar surface area (TPSA) is 26.3 Å². The highest BCUT2D eigenvalue weighted by molar-refractivity contribution is 5.75.